The third-order valence-corrected chi connectivity index (χ3v) is 2.99. The van der Waals surface area contributed by atoms with E-state index in [-0.39, 0.29) is 11.9 Å². The lowest BCUT2D eigenvalue weighted by atomic mass is 10.2. The van der Waals surface area contributed by atoms with Gasteiger partial charge in [-0.3, -0.25) is 0 Å². The molecule has 0 aliphatic carbocycles. The predicted molar refractivity (Wildman–Crippen MR) is 72.4 cm³/mol. The van der Waals surface area contributed by atoms with Crippen molar-refractivity contribution in [3.05, 3.63) is 22.8 Å². The number of pyridine rings is 1. The van der Waals surface area contributed by atoms with Crippen molar-refractivity contribution < 1.29 is 5.21 Å². The van der Waals surface area contributed by atoms with Crippen LogP contribution in [0.15, 0.2) is 28.0 Å². The fraction of sp³-hybridized carbons (Fsp3) is 0.455. The number of aromatic nitrogens is 1. The Bertz CT molecular complexity index is 395. The first kappa shape index (κ1) is 13.8. The molecule has 0 aromatic carbocycles. The summed E-state index contributed by atoms with van der Waals surface area (Å²) in [5.74, 6) is 1.09. The first-order valence-electron chi connectivity index (χ1n) is 5.39. The Morgan fingerprint density at radius 3 is 2.88 bits per heavy atom. The highest BCUT2D eigenvalue weighted by Gasteiger charge is 2.14. The highest BCUT2D eigenvalue weighted by molar-refractivity contribution is 9.10. The van der Waals surface area contributed by atoms with Gasteiger partial charge >= 0.3 is 0 Å². The van der Waals surface area contributed by atoms with Crippen LogP contribution in [0, 0.1) is 0 Å². The van der Waals surface area contributed by atoms with Crippen molar-refractivity contribution in [1.29, 1.82) is 0 Å². The zero-order chi connectivity index (χ0) is 12.8. The SMILES string of the molecule is CC(C)N(CCC(N)=NO)c1ncccc1Br. The van der Waals surface area contributed by atoms with Crippen LogP contribution in [0.3, 0.4) is 0 Å². The van der Waals surface area contributed by atoms with Crippen LogP contribution in [0.5, 0.6) is 0 Å². The molecule has 0 unspecified atom stereocenters. The van der Waals surface area contributed by atoms with Gasteiger partial charge in [0, 0.05) is 25.2 Å². The van der Waals surface area contributed by atoms with Gasteiger partial charge in [-0.15, -0.1) is 0 Å². The fourth-order valence-electron chi connectivity index (χ4n) is 1.48. The van der Waals surface area contributed by atoms with Gasteiger partial charge in [0.05, 0.1) is 4.47 Å². The molecule has 0 fully saturated rings. The molecule has 0 radical (unpaired) electrons. The van der Waals surface area contributed by atoms with Crippen molar-refractivity contribution in [2.24, 2.45) is 10.9 Å². The Labute approximate surface area is 109 Å². The van der Waals surface area contributed by atoms with Crippen molar-refractivity contribution in [3.63, 3.8) is 0 Å². The van der Waals surface area contributed by atoms with E-state index < -0.39 is 0 Å². The Morgan fingerprint density at radius 1 is 1.65 bits per heavy atom. The summed E-state index contributed by atoms with van der Waals surface area (Å²) in [5.41, 5.74) is 5.48. The predicted octanol–water partition coefficient (Wildman–Crippen LogP) is 2.20. The number of hydrogen-bond acceptors (Lipinski definition) is 4. The summed E-state index contributed by atoms with van der Waals surface area (Å²) < 4.78 is 0.938. The average molecular weight is 301 g/mol. The lowest BCUT2D eigenvalue weighted by Gasteiger charge is -2.28. The Hall–Kier alpha value is -1.30. The highest BCUT2D eigenvalue weighted by atomic mass is 79.9. The number of nitrogens with two attached hydrogens (primary N) is 1. The maximum Gasteiger partial charge on any atom is 0.143 e. The summed E-state index contributed by atoms with van der Waals surface area (Å²) in [6.07, 6.45) is 2.25. The topological polar surface area (TPSA) is 74.7 Å². The molecule has 0 aliphatic rings. The molecule has 0 bridgehead atoms. The van der Waals surface area contributed by atoms with Crippen LogP contribution in [0.1, 0.15) is 20.3 Å². The van der Waals surface area contributed by atoms with Crippen molar-refractivity contribution in [3.8, 4) is 0 Å². The average Bonchev–Trinajstić information content (AvgIpc) is 2.30. The van der Waals surface area contributed by atoms with Crippen LogP contribution >= 0.6 is 15.9 Å². The molecular formula is C11H17BrN4O. The Morgan fingerprint density at radius 2 is 2.35 bits per heavy atom. The van der Waals surface area contributed by atoms with Crippen LogP contribution < -0.4 is 10.6 Å². The van der Waals surface area contributed by atoms with Gasteiger partial charge in [0.2, 0.25) is 0 Å². The summed E-state index contributed by atoms with van der Waals surface area (Å²) in [6.45, 7) is 4.81. The standard InChI is InChI=1S/C11H17BrN4O/c1-8(2)16(7-5-10(13)15-17)11-9(12)4-3-6-14-11/h3-4,6,8,17H,5,7H2,1-2H3,(H2,13,15). The van der Waals surface area contributed by atoms with Gasteiger partial charge < -0.3 is 15.8 Å². The minimum absolute atomic E-state index is 0.225. The van der Waals surface area contributed by atoms with Gasteiger partial charge in [-0.05, 0) is 41.9 Å². The Kier molecular flexibility index (Phi) is 5.21. The number of amidine groups is 1. The van der Waals surface area contributed by atoms with Crippen LogP contribution in [0.4, 0.5) is 5.82 Å². The van der Waals surface area contributed by atoms with E-state index in [1.54, 1.807) is 6.20 Å². The molecule has 3 N–H and O–H groups in total. The van der Waals surface area contributed by atoms with E-state index in [2.05, 4.69) is 44.8 Å². The van der Waals surface area contributed by atoms with E-state index in [0.717, 1.165) is 10.3 Å². The van der Waals surface area contributed by atoms with E-state index >= 15 is 0 Å². The van der Waals surface area contributed by atoms with Gasteiger partial charge in [-0.25, -0.2) is 4.98 Å². The van der Waals surface area contributed by atoms with Gasteiger partial charge in [0.15, 0.2) is 0 Å². The molecule has 0 saturated carbocycles. The molecule has 0 atom stereocenters. The maximum absolute atomic E-state index is 8.53. The van der Waals surface area contributed by atoms with Crippen molar-refractivity contribution in [2.45, 2.75) is 26.3 Å². The molecule has 0 amide bonds. The van der Waals surface area contributed by atoms with E-state index in [9.17, 15) is 0 Å². The highest BCUT2D eigenvalue weighted by Crippen LogP contribution is 2.24. The summed E-state index contributed by atoms with van der Waals surface area (Å²) in [5, 5.41) is 11.5. The number of halogens is 1. The number of hydrogen-bond donors (Lipinski definition) is 2. The second kappa shape index (κ2) is 6.44. The van der Waals surface area contributed by atoms with Gasteiger partial charge in [0.1, 0.15) is 11.7 Å². The molecule has 0 spiro atoms. The number of anilines is 1. The molecule has 5 nitrogen and oxygen atoms in total. The van der Waals surface area contributed by atoms with Crippen molar-refractivity contribution in [2.75, 3.05) is 11.4 Å². The van der Waals surface area contributed by atoms with Crippen LogP contribution in [0.2, 0.25) is 0 Å². The van der Waals surface area contributed by atoms with E-state index in [1.807, 2.05) is 12.1 Å². The quantitative estimate of drug-likeness (QED) is 0.378. The summed E-state index contributed by atoms with van der Waals surface area (Å²) >= 11 is 3.47. The zero-order valence-corrected chi connectivity index (χ0v) is 11.6. The normalized spacial score (nSPS) is 11.9. The largest absolute Gasteiger partial charge is 0.409 e. The lowest BCUT2D eigenvalue weighted by Crippen LogP contribution is -2.34. The van der Waals surface area contributed by atoms with Crippen molar-refractivity contribution >= 4 is 27.6 Å². The lowest BCUT2D eigenvalue weighted by molar-refractivity contribution is 0.317. The minimum atomic E-state index is 0.225. The Balaban J connectivity index is 2.83. The van der Waals surface area contributed by atoms with E-state index in [1.165, 1.54) is 0 Å². The van der Waals surface area contributed by atoms with Gasteiger partial charge in [0.25, 0.3) is 0 Å². The third-order valence-electron chi connectivity index (χ3n) is 2.37. The molecule has 1 rings (SSSR count). The first-order valence-corrected chi connectivity index (χ1v) is 6.19. The summed E-state index contributed by atoms with van der Waals surface area (Å²) in [7, 11) is 0. The molecule has 1 aromatic heterocycles. The van der Waals surface area contributed by atoms with Gasteiger partial charge in [-0.1, -0.05) is 5.16 Å². The van der Waals surface area contributed by atoms with E-state index in [4.69, 9.17) is 10.9 Å². The summed E-state index contributed by atoms with van der Waals surface area (Å²) in [6, 6.07) is 4.10. The molecule has 17 heavy (non-hydrogen) atoms. The zero-order valence-electron chi connectivity index (χ0n) is 9.97. The van der Waals surface area contributed by atoms with Crippen LogP contribution in [-0.4, -0.2) is 28.6 Å². The number of oxime groups is 1. The minimum Gasteiger partial charge on any atom is -0.409 e. The second-order valence-electron chi connectivity index (χ2n) is 3.94. The number of nitrogens with zero attached hydrogens (tertiary/aromatic N) is 3. The van der Waals surface area contributed by atoms with Crippen molar-refractivity contribution in [1.82, 2.24) is 4.98 Å². The molecule has 1 heterocycles. The second-order valence-corrected chi connectivity index (χ2v) is 4.79. The fourth-order valence-corrected chi connectivity index (χ4v) is 1.97. The third kappa shape index (κ3) is 3.89. The van der Waals surface area contributed by atoms with Gasteiger partial charge in [-0.2, -0.15) is 0 Å². The smallest absolute Gasteiger partial charge is 0.143 e. The molecular weight excluding hydrogens is 284 g/mol. The summed E-state index contributed by atoms with van der Waals surface area (Å²) in [4.78, 5) is 6.44. The molecule has 94 valence electrons. The van der Waals surface area contributed by atoms with Crippen LogP contribution in [-0.2, 0) is 0 Å². The first-order chi connectivity index (χ1) is 8.06. The molecule has 1 aromatic rings. The molecule has 0 aliphatic heterocycles. The maximum atomic E-state index is 8.53. The molecule has 0 saturated heterocycles. The molecule has 6 heteroatoms. The monoisotopic (exact) mass is 300 g/mol. The van der Waals surface area contributed by atoms with E-state index in [0.29, 0.717) is 13.0 Å². The van der Waals surface area contributed by atoms with Crippen LogP contribution in [0.25, 0.3) is 0 Å². The number of rotatable bonds is 5.